The van der Waals surface area contributed by atoms with Crippen molar-refractivity contribution in [2.24, 2.45) is 0 Å². The molecule has 1 aliphatic rings. The standard InChI is InChI=1S/C16H24N4O2/c1-19(2)14-9-11-20(12-14)16(22)17-10-8-15(21)18-13-6-4-3-5-7-13/h3-7,14H,8-12H2,1-2H3,(H,17,22)(H,18,21)/t14-/m1/s1. The molecule has 6 nitrogen and oxygen atoms in total. The summed E-state index contributed by atoms with van der Waals surface area (Å²) in [6.07, 6.45) is 1.26. The largest absolute Gasteiger partial charge is 0.337 e. The van der Waals surface area contributed by atoms with E-state index in [1.165, 1.54) is 0 Å². The Hall–Kier alpha value is -2.08. The van der Waals surface area contributed by atoms with Crippen molar-refractivity contribution in [1.29, 1.82) is 0 Å². The van der Waals surface area contributed by atoms with Crippen LogP contribution >= 0.6 is 0 Å². The van der Waals surface area contributed by atoms with Crippen LogP contribution in [0, 0.1) is 0 Å². The lowest BCUT2D eigenvalue weighted by molar-refractivity contribution is -0.116. The summed E-state index contributed by atoms with van der Waals surface area (Å²) in [7, 11) is 4.06. The van der Waals surface area contributed by atoms with Crippen molar-refractivity contribution >= 4 is 17.6 Å². The van der Waals surface area contributed by atoms with Gasteiger partial charge in [0.1, 0.15) is 0 Å². The zero-order valence-corrected chi connectivity index (χ0v) is 13.2. The van der Waals surface area contributed by atoms with E-state index < -0.39 is 0 Å². The highest BCUT2D eigenvalue weighted by Crippen LogP contribution is 2.12. The number of nitrogens with one attached hydrogen (secondary N) is 2. The highest BCUT2D eigenvalue weighted by molar-refractivity contribution is 5.91. The van der Waals surface area contributed by atoms with E-state index in [2.05, 4.69) is 15.5 Å². The molecule has 1 heterocycles. The second-order valence-electron chi connectivity index (χ2n) is 5.75. The second kappa shape index (κ2) is 7.79. The van der Waals surface area contributed by atoms with Crippen molar-refractivity contribution in [1.82, 2.24) is 15.1 Å². The molecule has 2 rings (SSSR count). The fourth-order valence-corrected chi connectivity index (χ4v) is 2.49. The van der Waals surface area contributed by atoms with Gasteiger partial charge in [0.25, 0.3) is 0 Å². The molecule has 2 N–H and O–H groups in total. The number of likely N-dealkylation sites (tertiary alicyclic amines) is 1. The molecule has 6 heteroatoms. The third kappa shape index (κ3) is 4.73. The van der Waals surface area contributed by atoms with Crippen molar-refractivity contribution in [2.75, 3.05) is 39.0 Å². The van der Waals surface area contributed by atoms with Gasteiger partial charge in [-0.15, -0.1) is 0 Å². The van der Waals surface area contributed by atoms with Crippen LogP contribution in [0.5, 0.6) is 0 Å². The lowest BCUT2D eigenvalue weighted by Gasteiger charge is -2.20. The summed E-state index contributed by atoms with van der Waals surface area (Å²) in [4.78, 5) is 27.7. The van der Waals surface area contributed by atoms with Crippen LogP contribution in [0.2, 0.25) is 0 Å². The summed E-state index contributed by atoms with van der Waals surface area (Å²) < 4.78 is 0. The average Bonchev–Trinajstić information content (AvgIpc) is 2.98. The molecule has 120 valence electrons. The molecule has 1 aromatic rings. The van der Waals surface area contributed by atoms with Gasteiger partial charge in [0.15, 0.2) is 0 Å². The number of amides is 3. The molecule has 0 spiro atoms. The predicted octanol–water partition coefficient (Wildman–Crippen LogP) is 1.36. The van der Waals surface area contributed by atoms with E-state index in [-0.39, 0.29) is 18.4 Å². The van der Waals surface area contributed by atoms with Crippen LogP contribution in [0.15, 0.2) is 30.3 Å². The van der Waals surface area contributed by atoms with Crippen molar-refractivity contribution < 1.29 is 9.59 Å². The summed E-state index contributed by atoms with van der Waals surface area (Å²) in [6, 6.07) is 9.64. The van der Waals surface area contributed by atoms with E-state index in [1.807, 2.05) is 44.4 Å². The number of hydrogen-bond donors (Lipinski definition) is 2. The molecule has 0 aliphatic carbocycles. The maximum atomic E-state index is 12.0. The summed E-state index contributed by atoms with van der Waals surface area (Å²) >= 11 is 0. The number of carbonyl (C=O) groups is 2. The summed E-state index contributed by atoms with van der Waals surface area (Å²) in [6.45, 7) is 1.86. The number of likely N-dealkylation sites (N-methyl/N-ethyl adjacent to an activating group) is 1. The van der Waals surface area contributed by atoms with Gasteiger partial charge in [-0.25, -0.2) is 4.79 Å². The van der Waals surface area contributed by atoms with Gasteiger partial charge in [0.2, 0.25) is 5.91 Å². The Bertz CT molecular complexity index is 504. The minimum absolute atomic E-state index is 0.0862. The van der Waals surface area contributed by atoms with Gasteiger partial charge in [-0.1, -0.05) is 18.2 Å². The Kier molecular flexibility index (Phi) is 5.77. The quantitative estimate of drug-likeness (QED) is 0.863. The molecule has 1 atom stereocenters. The monoisotopic (exact) mass is 304 g/mol. The summed E-state index contributed by atoms with van der Waals surface area (Å²) in [5.74, 6) is -0.0981. The van der Waals surface area contributed by atoms with Crippen LogP contribution in [0.1, 0.15) is 12.8 Å². The van der Waals surface area contributed by atoms with E-state index in [0.717, 1.165) is 25.2 Å². The molecule has 0 bridgehead atoms. The first-order valence-corrected chi connectivity index (χ1v) is 7.60. The van der Waals surface area contributed by atoms with Crippen LogP contribution in [-0.4, -0.2) is 61.5 Å². The molecular formula is C16H24N4O2. The smallest absolute Gasteiger partial charge is 0.317 e. The Labute approximate surface area is 131 Å². The maximum absolute atomic E-state index is 12.0. The highest BCUT2D eigenvalue weighted by atomic mass is 16.2. The summed E-state index contributed by atoms with van der Waals surface area (Å²) in [5.41, 5.74) is 0.771. The molecule has 0 saturated carbocycles. The fourth-order valence-electron chi connectivity index (χ4n) is 2.49. The molecule has 0 unspecified atom stereocenters. The number of benzene rings is 1. The van der Waals surface area contributed by atoms with Crippen LogP contribution in [0.3, 0.4) is 0 Å². The average molecular weight is 304 g/mol. The van der Waals surface area contributed by atoms with Gasteiger partial charge < -0.3 is 20.4 Å². The highest BCUT2D eigenvalue weighted by Gasteiger charge is 2.27. The Morgan fingerprint density at radius 3 is 2.64 bits per heavy atom. The number of urea groups is 1. The van der Waals surface area contributed by atoms with Crippen LogP contribution in [0.4, 0.5) is 10.5 Å². The molecule has 0 radical (unpaired) electrons. The third-order valence-corrected chi connectivity index (χ3v) is 3.87. The van der Waals surface area contributed by atoms with Crippen LogP contribution < -0.4 is 10.6 Å². The van der Waals surface area contributed by atoms with Gasteiger partial charge in [-0.2, -0.15) is 0 Å². The van der Waals surface area contributed by atoms with E-state index in [4.69, 9.17) is 0 Å². The molecule has 22 heavy (non-hydrogen) atoms. The number of hydrogen-bond acceptors (Lipinski definition) is 3. The molecule has 1 saturated heterocycles. The van der Waals surface area contributed by atoms with Crippen molar-refractivity contribution in [2.45, 2.75) is 18.9 Å². The van der Waals surface area contributed by atoms with Gasteiger partial charge in [0, 0.05) is 37.8 Å². The third-order valence-electron chi connectivity index (χ3n) is 3.87. The van der Waals surface area contributed by atoms with Gasteiger partial charge in [0.05, 0.1) is 0 Å². The molecule has 1 aliphatic heterocycles. The first kappa shape index (κ1) is 16.3. The number of para-hydroxylation sites is 1. The van der Waals surface area contributed by atoms with Gasteiger partial charge >= 0.3 is 6.03 Å². The lowest BCUT2D eigenvalue weighted by atomic mass is 10.2. The van der Waals surface area contributed by atoms with E-state index in [0.29, 0.717) is 12.6 Å². The summed E-state index contributed by atoms with van der Waals surface area (Å²) in [5, 5.41) is 5.61. The SMILES string of the molecule is CN(C)[C@@H]1CCN(C(=O)NCCC(=O)Nc2ccccc2)C1. The molecule has 1 aromatic carbocycles. The molecule has 0 aromatic heterocycles. The van der Waals surface area contributed by atoms with Crippen molar-refractivity contribution in [3.8, 4) is 0 Å². The maximum Gasteiger partial charge on any atom is 0.317 e. The van der Waals surface area contributed by atoms with E-state index >= 15 is 0 Å². The van der Waals surface area contributed by atoms with Crippen molar-refractivity contribution in [3.63, 3.8) is 0 Å². The minimum Gasteiger partial charge on any atom is -0.337 e. The minimum atomic E-state index is -0.0981. The Morgan fingerprint density at radius 1 is 1.27 bits per heavy atom. The van der Waals surface area contributed by atoms with Crippen LogP contribution in [-0.2, 0) is 4.79 Å². The second-order valence-corrected chi connectivity index (χ2v) is 5.75. The Balaban J connectivity index is 1.66. The zero-order valence-electron chi connectivity index (χ0n) is 13.2. The number of nitrogens with zero attached hydrogens (tertiary/aromatic N) is 2. The predicted molar refractivity (Wildman–Crippen MR) is 86.8 cm³/mol. The van der Waals surface area contributed by atoms with Crippen LogP contribution in [0.25, 0.3) is 0 Å². The van der Waals surface area contributed by atoms with E-state index in [9.17, 15) is 9.59 Å². The number of anilines is 1. The molecule has 3 amide bonds. The number of carbonyl (C=O) groups excluding carboxylic acids is 2. The topological polar surface area (TPSA) is 64.7 Å². The normalized spacial score (nSPS) is 17.6. The van der Waals surface area contributed by atoms with Gasteiger partial charge in [-0.3, -0.25) is 4.79 Å². The van der Waals surface area contributed by atoms with Gasteiger partial charge in [-0.05, 0) is 32.6 Å². The Morgan fingerprint density at radius 2 is 2.00 bits per heavy atom. The lowest BCUT2D eigenvalue weighted by Crippen LogP contribution is -2.41. The molecular weight excluding hydrogens is 280 g/mol. The first-order chi connectivity index (χ1) is 10.6. The fraction of sp³-hybridized carbons (Fsp3) is 0.500. The molecule has 1 fully saturated rings. The van der Waals surface area contributed by atoms with E-state index in [1.54, 1.807) is 4.90 Å². The first-order valence-electron chi connectivity index (χ1n) is 7.60. The number of rotatable bonds is 5. The zero-order chi connectivity index (χ0) is 15.9. The van der Waals surface area contributed by atoms with Crippen molar-refractivity contribution in [3.05, 3.63) is 30.3 Å².